The SMILES string of the molecule is CC1=NN(C(=O)c2ccc(Cn3nc(C)cc3C)o2)[C@](O)(C(F)(F)F)C1. The molecule has 2 aromatic heterocycles. The van der Waals surface area contributed by atoms with Crippen molar-refractivity contribution in [1.82, 2.24) is 14.8 Å². The molecular formula is C16H17F3N4O3. The number of amides is 1. The Bertz CT molecular complexity index is 884. The predicted molar refractivity (Wildman–Crippen MR) is 84.4 cm³/mol. The Labute approximate surface area is 146 Å². The normalized spacial score (nSPS) is 20.6. The Morgan fingerprint density at radius 1 is 1.35 bits per heavy atom. The molecule has 1 N–H and O–H groups in total. The number of aryl methyl sites for hydroxylation is 2. The number of hydrogen-bond donors (Lipinski definition) is 1. The molecule has 0 bridgehead atoms. The van der Waals surface area contributed by atoms with Crippen molar-refractivity contribution in [2.75, 3.05) is 0 Å². The van der Waals surface area contributed by atoms with Gasteiger partial charge in [0.05, 0.1) is 12.2 Å². The number of rotatable bonds is 3. The molecule has 10 heteroatoms. The van der Waals surface area contributed by atoms with Gasteiger partial charge in [0.2, 0.25) is 0 Å². The van der Waals surface area contributed by atoms with E-state index >= 15 is 0 Å². The Kier molecular flexibility index (Phi) is 4.18. The maximum atomic E-state index is 13.2. The fourth-order valence-electron chi connectivity index (χ4n) is 2.82. The number of furan rings is 1. The number of hydrogen-bond acceptors (Lipinski definition) is 5. The molecule has 1 aliphatic heterocycles. The molecule has 0 radical (unpaired) electrons. The van der Waals surface area contributed by atoms with Gasteiger partial charge in [-0.25, -0.2) is 0 Å². The fourth-order valence-corrected chi connectivity index (χ4v) is 2.82. The van der Waals surface area contributed by atoms with Crippen molar-refractivity contribution in [1.29, 1.82) is 0 Å². The molecule has 0 spiro atoms. The quantitative estimate of drug-likeness (QED) is 0.900. The first-order valence-electron chi connectivity index (χ1n) is 7.79. The summed E-state index contributed by atoms with van der Waals surface area (Å²) in [5.74, 6) is -1.17. The van der Waals surface area contributed by atoms with Crippen LogP contribution in [0, 0.1) is 13.8 Å². The smallest absolute Gasteiger partial charge is 0.438 e. The van der Waals surface area contributed by atoms with Crippen molar-refractivity contribution in [2.24, 2.45) is 5.10 Å². The van der Waals surface area contributed by atoms with Crippen molar-refractivity contribution in [3.8, 4) is 0 Å². The molecule has 140 valence electrons. The van der Waals surface area contributed by atoms with Crippen LogP contribution in [0.1, 0.15) is 41.0 Å². The largest absolute Gasteiger partial charge is 0.454 e. The highest BCUT2D eigenvalue weighted by Crippen LogP contribution is 2.40. The van der Waals surface area contributed by atoms with E-state index in [4.69, 9.17) is 4.42 Å². The van der Waals surface area contributed by atoms with Crippen LogP contribution >= 0.6 is 0 Å². The van der Waals surface area contributed by atoms with Crippen molar-refractivity contribution >= 4 is 11.6 Å². The van der Waals surface area contributed by atoms with Gasteiger partial charge in [0.1, 0.15) is 5.76 Å². The number of carbonyl (C=O) groups is 1. The summed E-state index contributed by atoms with van der Waals surface area (Å²) in [5, 5.41) is 17.8. The van der Waals surface area contributed by atoms with Crippen LogP contribution in [0.4, 0.5) is 13.2 Å². The number of halogens is 3. The zero-order valence-electron chi connectivity index (χ0n) is 14.3. The van der Waals surface area contributed by atoms with Crippen molar-refractivity contribution < 1.29 is 27.5 Å². The highest BCUT2D eigenvalue weighted by molar-refractivity contribution is 5.96. The summed E-state index contributed by atoms with van der Waals surface area (Å²) >= 11 is 0. The molecule has 3 heterocycles. The zero-order chi connectivity index (χ0) is 19.3. The number of carbonyl (C=O) groups excluding carboxylic acids is 1. The second kappa shape index (κ2) is 5.97. The molecule has 1 aliphatic rings. The predicted octanol–water partition coefficient (Wildman–Crippen LogP) is 2.61. The lowest BCUT2D eigenvalue weighted by Gasteiger charge is -2.32. The Hall–Kier alpha value is -2.62. The lowest BCUT2D eigenvalue weighted by atomic mass is 10.1. The van der Waals surface area contributed by atoms with Crippen LogP contribution in [0.2, 0.25) is 0 Å². The third-order valence-corrected chi connectivity index (χ3v) is 4.05. The second-order valence-electron chi connectivity index (χ2n) is 6.29. The standard InChI is InChI=1S/C16H17F3N4O3/c1-9-6-11(3)22(20-9)8-12-4-5-13(26-12)14(24)23-15(25,16(17,18)19)7-10(2)21-23/h4-6,25H,7-8H2,1-3H3/t15-/m1/s1. The molecule has 2 aromatic rings. The number of aliphatic hydroxyl groups is 1. The van der Waals surface area contributed by atoms with Gasteiger partial charge in [0, 0.05) is 17.8 Å². The molecule has 3 rings (SSSR count). The molecule has 0 aromatic carbocycles. The van der Waals surface area contributed by atoms with Gasteiger partial charge in [0.15, 0.2) is 5.76 Å². The number of aromatic nitrogens is 2. The van der Waals surface area contributed by atoms with Crippen LogP contribution in [-0.4, -0.2) is 43.4 Å². The topological polar surface area (TPSA) is 83.9 Å². The maximum absolute atomic E-state index is 13.2. The molecule has 0 saturated heterocycles. The molecule has 1 atom stereocenters. The molecule has 0 fully saturated rings. The first-order chi connectivity index (χ1) is 12.0. The van der Waals surface area contributed by atoms with Crippen LogP contribution in [0.3, 0.4) is 0 Å². The number of nitrogens with zero attached hydrogens (tertiary/aromatic N) is 4. The molecular weight excluding hydrogens is 353 g/mol. The van der Waals surface area contributed by atoms with E-state index in [9.17, 15) is 23.1 Å². The Balaban J connectivity index is 1.84. The first kappa shape index (κ1) is 18.2. The van der Waals surface area contributed by atoms with Gasteiger partial charge in [-0.15, -0.1) is 0 Å². The third kappa shape index (κ3) is 3.00. The lowest BCUT2D eigenvalue weighted by Crippen LogP contribution is -2.56. The fraction of sp³-hybridized carbons (Fsp3) is 0.438. The van der Waals surface area contributed by atoms with E-state index < -0.39 is 24.2 Å². The molecule has 0 saturated carbocycles. The van der Waals surface area contributed by atoms with Gasteiger partial charge in [0.25, 0.3) is 5.72 Å². The Morgan fingerprint density at radius 2 is 2.04 bits per heavy atom. The first-order valence-corrected chi connectivity index (χ1v) is 7.79. The lowest BCUT2D eigenvalue weighted by molar-refractivity contribution is -0.297. The molecule has 0 unspecified atom stereocenters. The Morgan fingerprint density at radius 3 is 2.62 bits per heavy atom. The summed E-state index contributed by atoms with van der Waals surface area (Å²) in [6.45, 7) is 5.20. The van der Waals surface area contributed by atoms with Crippen molar-refractivity contribution in [2.45, 2.75) is 45.6 Å². The summed E-state index contributed by atoms with van der Waals surface area (Å²) in [6.07, 6.45) is -5.86. The number of alkyl halides is 3. The second-order valence-corrected chi connectivity index (χ2v) is 6.29. The molecule has 7 nitrogen and oxygen atoms in total. The van der Waals surface area contributed by atoms with Crippen LogP contribution in [0.15, 0.2) is 27.7 Å². The van der Waals surface area contributed by atoms with Gasteiger partial charge >= 0.3 is 12.1 Å². The van der Waals surface area contributed by atoms with E-state index in [0.717, 1.165) is 11.4 Å². The van der Waals surface area contributed by atoms with Gasteiger partial charge in [-0.1, -0.05) is 0 Å². The highest BCUT2D eigenvalue weighted by Gasteiger charge is 2.63. The average molecular weight is 370 g/mol. The van der Waals surface area contributed by atoms with E-state index in [2.05, 4.69) is 10.2 Å². The molecule has 0 aliphatic carbocycles. The number of hydrazone groups is 1. The van der Waals surface area contributed by atoms with E-state index in [0.29, 0.717) is 5.76 Å². The summed E-state index contributed by atoms with van der Waals surface area (Å²) in [6, 6.07) is 4.59. The third-order valence-electron chi connectivity index (χ3n) is 4.05. The van der Waals surface area contributed by atoms with Gasteiger partial charge in [-0.3, -0.25) is 9.48 Å². The van der Waals surface area contributed by atoms with E-state index in [1.807, 2.05) is 19.9 Å². The maximum Gasteiger partial charge on any atom is 0.438 e. The zero-order valence-corrected chi connectivity index (χ0v) is 14.3. The summed E-state index contributed by atoms with van der Waals surface area (Å²) in [4.78, 5) is 12.4. The summed E-state index contributed by atoms with van der Waals surface area (Å²) < 4.78 is 46.7. The minimum Gasteiger partial charge on any atom is -0.454 e. The molecule has 26 heavy (non-hydrogen) atoms. The summed E-state index contributed by atoms with van der Waals surface area (Å²) in [7, 11) is 0. The van der Waals surface area contributed by atoms with Crippen molar-refractivity contribution in [3.63, 3.8) is 0 Å². The monoisotopic (exact) mass is 370 g/mol. The van der Waals surface area contributed by atoms with Crippen LogP contribution < -0.4 is 0 Å². The van der Waals surface area contributed by atoms with Gasteiger partial charge in [-0.2, -0.15) is 28.4 Å². The molecule has 1 amide bonds. The van der Waals surface area contributed by atoms with Gasteiger partial charge < -0.3 is 9.52 Å². The summed E-state index contributed by atoms with van der Waals surface area (Å²) in [5.41, 5.74) is -1.70. The highest BCUT2D eigenvalue weighted by atomic mass is 19.4. The van der Waals surface area contributed by atoms with E-state index in [1.54, 1.807) is 4.68 Å². The minimum atomic E-state index is -5.05. The van der Waals surface area contributed by atoms with Gasteiger partial charge in [-0.05, 0) is 39.0 Å². The van der Waals surface area contributed by atoms with E-state index in [1.165, 1.54) is 19.1 Å². The minimum absolute atomic E-state index is 0.00686. The average Bonchev–Trinajstić information content (AvgIpc) is 3.18. The van der Waals surface area contributed by atoms with Crippen LogP contribution in [-0.2, 0) is 6.54 Å². The van der Waals surface area contributed by atoms with Crippen LogP contribution in [0.25, 0.3) is 0 Å². The van der Waals surface area contributed by atoms with Crippen molar-refractivity contribution in [3.05, 3.63) is 41.1 Å². The van der Waals surface area contributed by atoms with Crippen LogP contribution in [0.5, 0.6) is 0 Å². The van der Waals surface area contributed by atoms with E-state index in [-0.39, 0.29) is 23.0 Å².